The Bertz CT molecular complexity index is 889. The molecule has 0 aromatic heterocycles. The lowest BCUT2D eigenvalue weighted by molar-refractivity contribution is -0.122. The van der Waals surface area contributed by atoms with E-state index in [1.807, 2.05) is 6.08 Å². The topological polar surface area (TPSA) is 46.5 Å². The maximum atomic E-state index is 12.8. The summed E-state index contributed by atoms with van der Waals surface area (Å²) in [6.45, 7) is 11.3. The third-order valence-corrected chi connectivity index (χ3v) is 11.8. The van der Waals surface area contributed by atoms with E-state index in [1.54, 1.807) is 0 Å². The quantitative estimate of drug-likeness (QED) is 0.249. The second kappa shape index (κ2) is 10.5. The maximum absolute atomic E-state index is 12.8. The first kappa shape index (κ1) is 24.2. The molecule has 3 nitrogen and oxygen atoms in total. The highest BCUT2D eigenvalue weighted by Gasteiger charge is 2.50. The summed E-state index contributed by atoms with van der Waals surface area (Å²) in [5.41, 5.74) is 0.543. The van der Waals surface area contributed by atoms with Gasteiger partial charge in [-0.25, -0.2) is 0 Å². The van der Waals surface area contributed by atoms with E-state index < -0.39 is 8.32 Å². The highest BCUT2D eigenvalue weighted by Crippen LogP contribution is 2.39. The molecule has 2 aromatic rings. The molecule has 1 aliphatic carbocycles. The van der Waals surface area contributed by atoms with Gasteiger partial charge in [-0.15, -0.1) is 6.58 Å². The Morgan fingerprint density at radius 3 is 2.09 bits per heavy atom. The number of rotatable bonds is 8. The van der Waals surface area contributed by atoms with Crippen molar-refractivity contribution in [3.05, 3.63) is 85.2 Å². The van der Waals surface area contributed by atoms with Crippen molar-refractivity contribution in [2.75, 3.05) is 6.61 Å². The van der Waals surface area contributed by atoms with Crippen molar-refractivity contribution >= 4 is 24.5 Å². The molecule has 1 N–H and O–H groups in total. The number of allylic oxidation sites excluding steroid dienone is 2. The van der Waals surface area contributed by atoms with Crippen LogP contribution in [0.25, 0.3) is 0 Å². The molecule has 0 amide bonds. The third kappa shape index (κ3) is 4.82. The van der Waals surface area contributed by atoms with Crippen molar-refractivity contribution in [1.29, 1.82) is 0 Å². The van der Waals surface area contributed by atoms with Gasteiger partial charge in [-0.2, -0.15) is 0 Å². The summed E-state index contributed by atoms with van der Waals surface area (Å²) in [7, 11) is -2.57. The van der Waals surface area contributed by atoms with Gasteiger partial charge in [-0.1, -0.05) is 87.5 Å². The molecule has 1 aliphatic rings. The molecule has 2 aromatic carbocycles. The SMILES string of the molecule is C=CC[C@@H]1C(=O)/C(=C\O)CC[C@H]1CCO[Si](c1ccccc1)(c1ccccc1)C(C)(C)C. The van der Waals surface area contributed by atoms with E-state index in [4.69, 9.17) is 4.43 Å². The lowest BCUT2D eigenvalue weighted by atomic mass is 9.73. The first-order chi connectivity index (χ1) is 15.3. The zero-order chi connectivity index (χ0) is 23.2. The Labute approximate surface area is 194 Å². The van der Waals surface area contributed by atoms with Gasteiger partial charge in [0.25, 0.3) is 8.32 Å². The molecule has 4 heteroatoms. The number of hydrogen-bond donors (Lipinski definition) is 1. The van der Waals surface area contributed by atoms with Gasteiger partial charge in [0.1, 0.15) is 0 Å². The minimum Gasteiger partial charge on any atom is -0.515 e. The predicted octanol–water partition coefficient (Wildman–Crippen LogP) is 5.57. The predicted molar refractivity (Wildman–Crippen MR) is 135 cm³/mol. The summed E-state index contributed by atoms with van der Waals surface area (Å²) in [6.07, 6.45) is 5.80. The molecule has 0 aliphatic heterocycles. The largest absolute Gasteiger partial charge is 0.515 e. The molecule has 0 radical (unpaired) electrons. The van der Waals surface area contributed by atoms with E-state index in [9.17, 15) is 9.90 Å². The number of aliphatic hydroxyl groups is 1. The van der Waals surface area contributed by atoms with Crippen LogP contribution >= 0.6 is 0 Å². The number of carbonyl (C=O) groups excluding carboxylic acids is 1. The van der Waals surface area contributed by atoms with E-state index in [1.165, 1.54) is 10.4 Å². The summed E-state index contributed by atoms with van der Waals surface area (Å²) >= 11 is 0. The molecule has 1 saturated carbocycles. The number of hydrogen-bond acceptors (Lipinski definition) is 3. The molecule has 3 rings (SSSR count). The highest BCUT2D eigenvalue weighted by molar-refractivity contribution is 6.99. The van der Waals surface area contributed by atoms with E-state index in [0.717, 1.165) is 19.1 Å². The van der Waals surface area contributed by atoms with Crippen molar-refractivity contribution in [2.24, 2.45) is 11.8 Å². The Morgan fingerprint density at radius 1 is 1.06 bits per heavy atom. The number of aliphatic hydroxyl groups excluding tert-OH is 1. The summed E-state index contributed by atoms with van der Waals surface area (Å²) in [4.78, 5) is 12.8. The number of Topliss-reactive ketones (excluding diaryl/α,β-unsaturated/α-hetero) is 1. The molecule has 0 unspecified atom stereocenters. The van der Waals surface area contributed by atoms with E-state index >= 15 is 0 Å². The van der Waals surface area contributed by atoms with Gasteiger partial charge in [0, 0.05) is 18.1 Å². The van der Waals surface area contributed by atoms with Crippen LogP contribution in [0.2, 0.25) is 5.04 Å². The third-order valence-electron chi connectivity index (χ3n) is 6.81. The Balaban J connectivity index is 1.90. The lowest BCUT2D eigenvalue weighted by Crippen LogP contribution is -2.66. The van der Waals surface area contributed by atoms with Crippen molar-refractivity contribution in [3.63, 3.8) is 0 Å². The summed E-state index contributed by atoms with van der Waals surface area (Å²) in [5, 5.41) is 11.9. The van der Waals surface area contributed by atoms with Crippen LogP contribution in [0.1, 0.15) is 46.5 Å². The fraction of sp³-hybridized carbons (Fsp3) is 0.393. The molecule has 0 heterocycles. The van der Waals surface area contributed by atoms with Crippen molar-refractivity contribution < 1.29 is 14.3 Å². The zero-order valence-corrected chi connectivity index (χ0v) is 20.6. The normalized spacial score (nSPS) is 21.0. The van der Waals surface area contributed by atoms with E-state index in [0.29, 0.717) is 25.0 Å². The van der Waals surface area contributed by atoms with Gasteiger partial charge < -0.3 is 9.53 Å². The summed E-state index contributed by atoms with van der Waals surface area (Å²) < 4.78 is 7.02. The van der Waals surface area contributed by atoms with Crippen LogP contribution in [0, 0.1) is 11.8 Å². The van der Waals surface area contributed by atoms with Crippen LogP contribution in [0.4, 0.5) is 0 Å². The van der Waals surface area contributed by atoms with Gasteiger partial charge in [0.2, 0.25) is 0 Å². The van der Waals surface area contributed by atoms with E-state index in [2.05, 4.69) is 88.0 Å². The molecule has 0 bridgehead atoms. The monoisotopic (exact) mass is 448 g/mol. The minimum absolute atomic E-state index is 0.0640. The van der Waals surface area contributed by atoms with Gasteiger partial charge in [0.15, 0.2) is 5.78 Å². The lowest BCUT2D eigenvalue weighted by Gasteiger charge is -2.43. The average molecular weight is 449 g/mol. The second-order valence-electron chi connectivity index (χ2n) is 9.75. The average Bonchev–Trinajstić information content (AvgIpc) is 2.79. The molecule has 170 valence electrons. The molecule has 0 spiro atoms. The van der Waals surface area contributed by atoms with Crippen LogP contribution in [0.3, 0.4) is 0 Å². The number of ketones is 1. The minimum atomic E-state index is -2.57. The molecule has 2 atom stereocenters. The zero-order valence-electron chi connectivity index (χ0n) is 19.6. The standard InChI is InChI=1S/C28H36O3Si/c1-5-12-26-22(17-18-23(21-29)27(26)30)19-20-31-32(28(2,3)4,24-13-8-6-9-14-24)25-15-10-7-11-16-25/h5-11,13-16,21-22,26,29H,1,12,17-20H2,2-4H3/b23-21-/t22-,26-/m0/s1. The number of benzene rings is 2. The molecule has 0 saturated heterocycles. The first-order valence-corrected chi connectivity index (χ1v) is 13.5. The molecule has 1 fully saturated rings. The maximum Gasteiger partial charge on any atom is 0.261 e. The summed E-state index contributed by atoms with van der Waals surface area (Å²) in [6, 6.07) is 21.3. The van der Waals surface area contributed by atoms with Crippen molar-refractivity contribution in [1.82, 2.24) is 0 Å². The van der Waals surface area contributed by atoms with Gasteiger partial charge >= 0.3 is 0 Å². The van der Waals surface area contributed by atoms with E-state index in [-0.39, 0.29) is 22.7 Å². The van der Waals surface area contributed by atoms with Gasteiger partial charge in [-0.3, -0.25) is 4.79 Å². The van der Waals surface area contributed by atoms with Crippen molar-refractivity contribution in [3.8, 4) is 0 Å². The fourth-order valence-electron chi connectivity index (χ4n) is 5.20. The molecular weight excluding hydrogens is 412 g/mol. The van der Waals surface area contributed by atoms with Gasteiger partial charge in [-0.05, 0) is 47.0 Å². The summed E-state index contributed by atoms with van der Waals surface area (Å²) in [5.74, 6) is 0.180. The van der Waals surface area contributed by atoms with Crippen LogP contribution in [0.15, 0.2) is 85.2 Å². The Kier molecular flexibility index (Phi) is 7.91. The smallest absolute Gasteiger partial charge is 0.261 e. The second-order valence-corrected chi connectivity index (χ2v) is 14.1. The Morgan fingerprint density at radius 2 is 1.62 bits per heavy atom. The van der Waals surface area contributed by atoms with Crippen LogP contribution in [-0.4, -0.2) is 25.8 Å². The fourth-order valence-corrected chi connectivity index (χ4v) is 9.77. The van der Waals surface area contributed by atoms with Crippen LogP contribution < -0.4 is 10.4 Å². The van der Waals surface area contributed by atoms with Crippen LogP contribution in [-0.2, 0) is 9.22 Å². The number of carbonyl (C=O) groups is 1. The van der Waals surface area contributed by atoms with Crippen molar-refractivity contribution in [2.45, 2.75) is 51.5 Å². The Hall–Kier alpha value is -2.43. The molecule has 32 heavy (non-hydrogen) atoms. The first-order valence-electron chi connectivity index (χ1n) is 11.6. The van der Waals surface area contributed by atoms with Gasteiger partial charge in [0.05, 0.1) is 6.26 Å². The van der Waals surface area contributed by atoms with Crippen LogP contribution in [0.5, 0.6) is 0 Å². The highest BCUT2D eigenvalue weighted by atomic mass is 28.4. The molecular formula is C28H36O3Si.